The molecule has 1 aliphatic rings. The standard InChI is InChI=1S/C14H27NO3/c1-14(2,11-6-4-5-7-11)10-15-9-12(16)8-13(17)18-3/h11-12,15-16H,4-10H2,1-3H3. The highest BCUT2D eigenvalue weighted by Crippen LogP contribution is 2.38. The van der Waals surface area contributed by atoms with Crippen LogP contribution in [-0.4, -0.2) is 37.4 Å². The predicted molar refractivity (Wildman–Crippen MR) is 71.2 cm³/mol. The third-order valence-corrected chi connectivity index (χ3v) is 4.05. The molecule has 0 aromatic rings. The van der Waals surface area contributed by atoms with E-state index in [-0.39, 0.29) is 17.8 Å². The van der Waals surface area contributed by atoms with Crippen molar-refractivity contribution < 1.29 is 14.6 Å². The average molecular weight is 257 g/mol. The molecule has 0 aromatic carbocycles. The summed E-state index contributed by atoms with van der Waals surface area (Å²) in [6, 6.07) is 0. The Bertz CT molecular complexity index is 260. The molecule has 18 heavy (non-hydrogen) atoms. The number of methoxy groups -OCH3 is 1. The number of carbonyl (C=O) groups is 1. The summed E-state index contributed by atoms with van der Waals surface area (Å²) in [4.78, 5) is 11.0. The third-order valence-electron chi connectivity index (χ3n) is 4.05. The molecule has 4 heteroatoms. The largest absolute Gasteiger partial charge is 0.469 e. The second-order valence-electron chi connectivity index (χ2n) is 6.03. The van der Waals surface area contributed by atoms with E-state index in [4.69, 9.17) is 0 Å². The van der Waals surface area contributed by atoms with Gasteiger partial charge >= 0.3 is 5.97 Å². The molecular weight excluding hydrogens is 230 g/mol. The fraction of sp³-hybridized carbons (Fsp3) is 0.929. The van der Waals surface area contributed by atoms with Crippen molar-refractivity contribution in [1.29, 1.82) is 0 Å². The fourth-order valence-electron chi connectivity index (χ4n) is 2.76. The monoisotopic (exact) mass is 257 g/mol. The topological polar surface area (TPSA) is 58.6 Å². The summed E-state index contributed by atoms with van der Waals surface area (Å²) < 4.78 is 4.52. The van der Waals surface area contributed by atoms with E-state index >= 15 is 0 Å². The maximum atomic E-state index is 11.0. The minimum atomic E-state index is -0.656. The van der Waals surface area contributed by atoms with Crippen molar-refractivity contribution in [3.63, 3.8) is 0 Å². The molecular formula is C14H27NO3. The summed E-state index contributed by atoms with van der Waals surface area (Å²) in [5.74, 6) is 0.419. The van der Waals surface area contributed by atoms with Crippen molar-refractivity contribution in [2.75, 3.05) is 20.2 Å². The smallest absolute Gasteiger partial charge is 0.308 e. The minimum Gasteiger partial charge on any atom is -0.469 e. The Labute approximate surface area is 110 Å². The molecule has 0 aliphatic heterocycles. The number of aliphatic hydroxyl groups excluding tert-OH is 1. The van der Waals surface area contributed by atoms with E-state index in [1.807, 2.05) is 0 Å². The van der Waals surface area contributed by atoms with Crippen LogP contribution in [0.3, 0.4) is 0 Å². The summed E-state index contributed by atoms with van der Waals surface area (Å²) in [6.07, 6.45) is 4.74. The van der Waals surface area contributed by atoms with Gasteiger partial charge in [-0.2, -0.15) is 0 Å². The van der Waals surface area contributed by atoms with Crippen molar-refractivity contribution in [2.45, 2.75) is 52.1 Å². The quantitative estimate of drug-likeness (QED) is 0.682. The lowest BCUT2D eigenvalue weighted by Crippen LogP contribution is -2.38. The van der Waals surface area contributed by atoms with E-state index < -0.39 is 6.10 Å². The molecule has 0 radical (unpaired) electrons. The van der Waals surface area contributed by atoms with E-state index in [1.165, 1.54) is 32.8 Å². The molecule has 1 saturated carbocycles. The van der Waals surface area contributed by atoms with Gasteiger partial charge in [-0.1, -0.05) is 26.7 Å². The summed E-state index contributed by atoms with van der Waals surface area (Å²) in [7, 11) is 1.34. The Morgan fingerprint density at radius 3 is 2.61 bits per heavy atom. The number of nitrogens with one attached hydrogen (secondary N) is 1. The maximum absolute atomic E-state index is 11.0. The number of hydrogen-bond donors (Lipinski definition) is 2. The van der Waals surface area contributed by atoms with Crippen molar-refractivity contribution >= 4 is 5.97 Å². The van der Waals surface area contributed by atoms with E-state index in [9.17, 15) is 9.90 Å². The molecule has 4 nitrogen and oxygen atoms in total. The Balaban J connectivity index is 2.21. The number of ether oxygens (including phenoxy) is 1. The lowest BCUT2D eigenvalue weighted by molar-refractivity contribution is -0.142. The van der Waals surface area contributed by atoms with Crippen molar-refractivity contribution in [3.8, 4) is 0 Å². The second kappa shape index (κ2) is 7.10. The lowest BCUT2D eigenvalue weighted by atomic mass is 9.77. The summed E-state index contributed by atoms with van der Waals surface area (Å²) in [6.45, 7) is 5.90. The van der Waals surface area contributed by atoms with Gasteiger partial charge in [0.25, 0.3) is 0 Å². The first kappa shape index (κ1) is 15.4. The zero-order chi connectivity index (χ0) is 13.6. The molecule has 0 aromatic heterocycles. The first-order valence-electron chi connectivity index (χ1n) is 6.91. The van der Waals surface area contributed by atoms with Crippen LogP contribution in [0.4, 0.5) is 0 Å². The van der Waals surface area contributed by atoms with Gasteiger partial charge in [0, 0.05) is 13.1 Å². The van der Waals surface area contributed by atoms with Gasteiger partial charge in [-0.3, -0.25) is 4.79 Å². The highest BCUT2D eigenvalue weighted by atomic mass is 16.5. The van der Waals surface area contributed by atoms with Gasteiger partial charge in [0.1, 0.15) is 0 Å². The van der Waals surface area contributed by atoms with Crippen LogP contribution in [-0.2, 0) is 9.53 Å². The Morgan fingerprint density at radius 2 is 2.06 bits per heavy atom. The third kappa shape index (κ3) is 4.94. The lowest BCUT2D eigenvalue weighted by Gasteiger charge is -2.32. The zero-order valence-electron chi connectivity index (χ0n) is 11.9. The van der Waals surface area contributed by atoms with E-state index in [1.54, 1.807) is 0 Å². The van der Waals surface area contributed by atoms with Crippen molar-refractivity contribution in [2.24, 2.45) is 11.3 Å². The number of hydrogen-bond acceptors (Lipinski definition) is 4. The van der Waals surface area contributed by atoms with Gasteiger partial charge in [0.05, 0.1) is 19.6 Å². The molecule has 1 aliphatic carbocycles. The average Bonchev–Trinajstić information content (AvgIpc) is 2.82. The van der Waals surface area contributed by atoms with Gasteiger partial charge in [-0.15, -0.1) is 0 Å². The van der Waals surface area contributed by atoms with E-state index in [0.29, 0.717) is 6.54 Å². The van der Waals surface area contributed by atoms with Crippen LogP contribution < -0.4 is 5.32 Å². The van der Waals surface area contributed by atoms with Gasteiger partial charge in [-0.05, 0) is 24.2 Å². The SMILES string of the molecule is COC(=O)CC(O)CNCC(C)(C)C1CCCC1. The number of carbonyl (C=O) groups excluding carboxylic acids is 1. The zero-order valence-corrected chi connectivity index (χ0v) is 11.9. The van der Waals surface area contributed by atoms with Crippen LogP contribution in [0.2, 0.25) is 0 Å². The Hall–Kier alpha value is -0.610. The maximum Gasteiger partial charge on any atom is 0.308 e. The summed E-state index contributed by atoms with van der Waals surface area (Å²) in [5.41, 5.74) is 0.265. The molecule has 0 saturated heterocycles. The van der Waals surface area contributed by atoms with E-state index in [2.05, 4.69) is 23.9 Å². The van der Waals surface area contributed by atoms with Gasteiger partial charge in [0.15, 0.2) is 0 Å². The Kier molecular flexibility index (Phi) is 6.09. The molecule has 0 bridgehead atoms. The van der Waals surface area contributed by atoms with Crippen LogP contribution in [0.15, 0.2) is 0 Å². The molecule has 1 fully saturated rings. The van der Waals surface area contributed by atoms with Crippen LogP contribution in [0, 0.1) is 11.3 Å². The van der Waals surface area contributed by atoms with Crippen LogP contribution in [0.5, 0.6) is 0 Å². The second-order valence-corrected chi connectivity index (χ2v) is 6.03. The van der Waals surface area contributed by atoms with Gasteiger partial charge < -0.3 is 15.2 Å². The molecule has 1 unspecified atom stereocenters. The highest BCUT2D eigenvalue weighted by Gasteiger charge is 2.31. The summed E-state index contributed by atoms with van der Waals surface area (Å²) in [5, 5.41) is 12.9. The first-order valence-corrected chi connectivity index (χ1v) is 6.91. The van der Waals surface area contributed by atoms with Crippen LogP contribution in [0.25, 0.3) is 0 Å². The van der Waals surface area contributed by atoms with Crippen molar-refractivity contribution in [1.82, 2.24) is 5.32 Å². The fourth-order valence-corrected chi connectivity index (χ4v) is 2.76. The predicted octanol–water partition coefficient (Wildman–Crippen LogP) is 1.72. The number of aliphatic hydroxyl groups is 1. The van der Waals surface area contributed by atoms with Gasteiger partial charge in [0.2, 0.25) is 0 Å². The molecule has 0 amide bonds. The number of esters is 1. The summed E-state index contributed by atoms with van der Waals surface area (Å²) >= 11 is 0. The van der Waals surface area contributed by atoms with Crippen LogP contribution in [0.1, 0.15) is 46.0 Å². The molecule has 2 N–H and O–H groups in total. The minimum absolute atomic E-state index is 0.0629. The van der Waals surface area contributed by atoms with E-state index in [0.717, 1.165) is 12.5 Å². The van der Waals surface area contributed by atoms with Crippen LogP contribution >= 0.6 is 0 Å². The van der Waals surface area contributed by atoms with Gasteiger partial charge in [-0.25, -0.2) is 0 Å². The van der Waals surface area contributed by atoms with Crippen molar-refractivity contribution in [3.05, 3.63) is 0 Å². The molecule has 1 rings (SSSR count). The number of rotatable bonds is 7. The normalized spacial score (nSPS) is 18.9. The highest BCUT2D eigenvalue weighted by molar-refractivity contribution is 5.69. The first-order chi connectivity index (χ1) is 8.45. The molecule has 1 atom stereocenters. The molecule has 106 valence electrons. The molecule has 0 spiro atoms. The Morgan fingerprint density at radius 1 is 1.44 bits per heavy atom. The molecule has 0 heterocycles.